The van der Waals surface area contributed by atoms with Crippen LogP contribution in [-0.2, 0) is 22.7 Å². The lowest BCUT2D eigenvalue weighted by Crippen LogP contribution is -2.36. The van der Waals surface area contributed by atoms with Crippen LogP contribution in [0.1, 0.15) is 73.9 Å². The first-order valence-electron chi connectivity index (χ1n) is 15.1. The first-order valence-corrected chi connectivity index (χ1v) is 17.6. The molecule has 2 heteroatoms. The van der Waals surface area contributed by atoms with E-state index in [1.165, 1.54) is 73.8 Å². The van der Waals surface area contributed by atoms with Crippen molar-refractivity contribution in [3.05, 3.63) is 118 Å². The molecule has 0 atom stereocenters. The third-order valence-corrected chi connectivity index (χ3v) is 14.7. The second kappa shape index (κ2) is 10.6. The maximum absolute atomic E-state index is 6.77. The molecule has 0 spiro atoms. The van der Waals surface area contributed by atoms with Crippen molar-refractivity contribution in [2.75, 3.05) is 6.61 Å². The molecule has 0 heterocycles. The van der Waals surface area contributed by atoms with Crippen LogP contribution in [0.15, 0.2) is 84.9 Å². The van der Waals surface area contributed by atoms with E-state index in [1.54, 1.807) is 0 Å². The van der Waals surface area contributed by atoms with E-state index in [9.17, 15) is 0 Å². The Morgan fingerprint density at radius 3 is 1.56 bits per heavy atom. The minimum absolute atomic E-state index is 0.0843. The molecule has 0 saturated carbocycles. The Bertz CT molecular complexity index is 1390. The third kappa shape index (κ3) is 4.42. The zero-order valence-electron chi connectivity index (χ0n) is 24.1. The predicted molar refractivity (Wildman–Crippen MR) is 168 cm³/mol. The van der Waals surface area contributed by atoms with Crippen LogP contribution < -0.4 is 0 Å². The summed E-state index contributed by atoms with van der Waals surface area (Å²) in [4.78, 5) is 0. The average molecular weight is 531 g/mol. The molecule has 0 saturated heterocycles. The molecule has 0 fully saturated rings. The van der Waals surface area contributed by atoms with Gasteiger partial charge in [-0.15, -0.1) is 0 Å². The molecule has 0 aliphatic heterocycles. The lowest BCUT2D eigenvalue weighted by Gasteiger charge is -2.36. The minimum atomic E-state index is -1.59. The predicted octanol–water partition coefficient (Wildman–Crippen LogP) is 9.94. The van der Waals surface area contributed by atoms with E-state index in [0.717, 1.165) is 32.3 Å². The minimum Gasteiger partial charge on any atom is -0.417 e. The Morgan fingerprint density at radius 1 is 0.615 bits per heavy atom. The SMILES string of the molecule is CC[Si](CC)(CC)OCCCC(C)(c1cccc2c1Cc1ccccc1-2)c1cccc2c1Cc1ccccc1-2. The molecule has 0 radical (unpaired) electrons. The first kappa shape index (κ1) is 26.3. The van der Waals surface area contributed by atoms with Crippen LogP contribution in [0.2, 0.25) is 18.1 Å². The second-order valence-electron chi connectivity index (χ2n) is 11.9. The summed E-state index contributed by atoms with van der Waals surface area (Å²) in [6.45, 7) is 10.4. The Kier molecular flexibility index (Phi) is 7.12. The number of fused-ring (bicyclic) bond motifs is 6. The van der Waals surface area contributed by atoms with Gasteiger partial charge in [-0.2, -0.15) is 0 Å². The van der Waals surface area contributed by atoms with E-state index in [0.29, 0.717) is 0 Å². The molecule has 0 N–H and O–H groups in total. The summed E-state index contributed by atoms with van der Waals surface area (Å²) in [5, 5.41) is 0. The Hall–Kier alpha value is -2.94. The molecule has 0 unspecified atom stereocenters. The van der Waals surface area contributed by atoms with Gasteiger partial charge in [-0.25, -0.2) is 0 Å². The standard InChI is InChI=1S/C37H42OSi/c1-5-39(6-2,7-3)38-24-14-23-37(4,35-21-12-19-31-29-17-10-8-15-27(29)25-33(31)35)36-22-13-20-32-30-18-11-9-16-28(30)26-34(32)36/h8-13,15-22H,5-7,14,23-26H2,1-4H3. The van der Waals surface area contributed by atoms with Crippen LogP contribution in [0, 0.1) is 0 Å². The molecular formula is C37H42OSi. The van der Waals surface area contributed by atoms with Crippen molar-refractivity contribution in [3.8, 4) is 22.3 Å². The van der Waals surface area contributed by atoms with Gasteiger partial charge >= 0.3 is 0 Å². The van der Waals surface area contributed by atoms with Crippen LogP contribution in [0.4, 0.5) is 0 Å². The quantitative estimate of drug-likeness (QED) is 0.126. The van der Waals surface area contributed by atoms with E-state index in [2.05, 4.69) is 113 Å². The van der Waals surface area contributed by atoms with E-state index < -0.39 is 8.32 Å². The summed E-state index contributed by atoms with van der Waals surface area (Å²) in [6.07, 6.45) is 4.23. The van der Waals surface area contributed by atoms with Crippen LogP contribution in [-0.4, -0.2) is 14.9 Å². The molecule has 1 nitrogen and oxygen atoms in total. The molecule has 0 aromatic heterocycles. The second-order valence-corrected chi connectivity index (χ2v) is 16.6. The van der Waals surface area contributed by atoms with Gasteiger partial charge in [-0.05, 0) is 99.5 Å². The topological polar surface area (TPSA) is 9.23 Å². The van der Waals surface area contributed by atoms with E-state index in [4.69, 9.17) is 4.43 Å². The highest BCUT2D eigenvalue weighted by molar-refractivity contribution is 6.73. The summed E-state index contributed by atoms with van der Waals surface area (Å²) in [7, 11) is -1.59. The Labute approximate surface area is 236 Å². The molecule has 200 valence electrons. The van der Waals surface area contributed by atoms with Gasteiger partial charge in [0.2, 0.25) is 0 Å². The van der Waals surface area contributed by atoms with Gasteiger partial charge in [0, 0.05) is 12.0 Å². The molecule has 0 bridgehead atoms. The van der Waals surface area contributed by atoms with Gasteiger partial charge in [0.1, 0.15) is 0 Å². The van der Waals surface area contributed by atoms with Crippen LogP contribution in [0.5, 0.6) is 0 Å². The molecule has 0 amide bonds. The first-order chi connectivity index (χ1) is 19.0. The van der Waals surface area contributed by atoms with Crippen molar-refractivity contribution in [1.82, 2.24) is 0 Å². The largest absolute Gasteiger partial charge is 0.417 e. The third-order valence-electron chi connectivity index (χ3n) is 10.1. The van der Waals surface area contributed by atoms with Gasteiger partial charge in [0.25, 0.3) is 0 Å². The number of hydrogen-bond acceptors (Lipinski definition) is 1. The number of hydrogen-bond donors (Lipinski definition) is 0. The fourth-order valence-corrected chi connectivity index (χ4v) is 10.2. The maximum atomic E-state index is 6.77. The molecule has 6 rings (SSSR count). The normalized spacial score (nSPS) is 13.6. The summed E-state index contributed by atoms with van der Waals surface area (Å²) < 4.78 is 6.77. The molecule has 39 heavy (non-hydrogen) atoms. The summed E-state index contributed by atoms with van der Waals surface area (Å²) in [5.41, 5.74) is 14.6. The Morgan fingerprint density at radius 2 is 1.08 bits per heavy atom. The number of benzene rings is 4. The van der Waals surface area contributed by atoms with E-state index in [1.807, 2.05) is 0 Å². The zero-order chi connectivity index (χ0) is 27.0. The smallest absolute Gasteiger partial charge is 0.191 e. The highest BCUT2D eigenvalue weighted by Gasteiger charge is 2.37. The fraction of sp³-hybridized carbons (Fsp3) is 0.351. The average Bonchev–Trinajstić information content (AvgIpc) is 3.56. The van der Waals surface area contributed by atoms with Gasteiger partial charge in [0.05, 0.1) is 0 Å². The van der Waals surface area contributed by atoms with Crippen molar-refractivity contribution in [2.24, 2.45) is 0 Å². The molecule has 4 aromatic rings. The zero-order valence-corrected chi connectivity index (χ0v) is 25.1. The van der Waals surface area contributed by atoms with Gasteiger partial charge in [0.15, 0.2) is 8.32 Å². The summed E-state index contributed by atoms with van der Waals surface area (Å²) in [6, 6.07) is 35.7. The van der Waals surface area contributed by atoms with Crippen LogP contribution in [0.3, 0.4) is 0 Å². The highest BCUT2D eigenvalue weighted by atomic mass is 28.4. The van der Waals surface area contributed by atoms with Gasteiger partial charge < -0.3 is 4.43 Å². The highest BCUT2D eigenvalue weighted by Crippen LogP contribution is 2.49. The van der Waals surface area contributed by atoms with Crippen molar-refractivity contribution < 1.29 is 4.43 Å². The van der Waals surface area contributed by atoms with Gasteiger partial charge in [-0.3, -0.25) is 0 Å². The Balaban J connectivity index is 1.42. The maximum Gasteiger partial charge on any atom is 0.191 e. The van der Waals surface area contributed by atoms with Gasteiger partial charge in [-0.1, -0.05) is 113 Å². The van der Waals surface area contributed by atoms with E-state index >= 15 is 0 Å². The summed E-state index contributed by atoms with van der Waals surface area (Å²) in [5.74, 6) is 0. The monoisotopic (exact) mass is 530 g/mol. The number of rotatable bonds is 10. The summed E-state index contributed by atoms with van der Waals surface area (Å²) >= 11 is 0. The molecule has 4 aromatic carbocycles. The van der Waals surface area contributed by atoms with Crippen molar-refractivity contribution >= 4 is 8.32 Å². The van der Waals surface area contributed by atoms with Crippen molar-refractivity contribution in [1.29, 1.82) is 0 Å². The fourth-order valence-electron chi connectivity index (χ4n) is 7.53. The van der Waals surface area contributed by atoms with Crippen molar-refractivity contribution in [3.63, 3.8) is 0 Å². The molecule has 2 aliphatic carbocycles. The van der Waals surface area contributed by atoms with Crippen LogP contribution >= 0.6 is 0 Å². The van der Waals surface area contributed by atoms with E-state index in [-0.39, 0.29) is 5.41 Å². The lowest BCUT2D eigenvalue weighted by molar-refractivity contribution is 0.277. The molecule has 2 aliphatic rings. The van der Waals surface area contributed by atoms with Crippen molar-refractivity contribution in [2.45, 2.75) is 76.9 Å². The van der Waals surface area contributed by atoms with Crippen LogP contribution in [0.25, 0.3) is 22.3 Å². The molecular weight excluding hydrogens is 488 g/mol. The lowest BCUT2D eigenvalue weighted by atomic mass is 9.69.